The van der Waals surface area contributed by atoms with Crippen LogP contribution in [0.2, 0.25) is 0 Å². The van der Waals surface area contributed by atoms with Crippen molar-refractivity contribution in [2.75, 3.05) is 13.6 Å². The van der Waals surface area contributed by atoms with Gasteiger partial charge >= 0.3 is 0 Å². The van der Waals surface area contributed by atoms with E-state index in [9.17, 15) is 0 Å². The molecule has 0 unspecified atom stereocenters. The largest absolute Gasteiger partial charge is 0.329 e. The molecule has 1 aromatic carbocycles. The van der Waals surface area contributed by atoms with Crippen LogP contribution in [0.25, 0.3) is 11.3 Å². The van der Waals surface area contributed by atoms with Gasteiger partial charge in [-0.2, -0.15) is 0 Å². The van der Waals surface area contributed by atoms with Crippen molar-refractivity contribution >= 4 is 0 Å². The van der Waals surface area contributed by atoms with Crippen molar-refractivity contribution in [3.05, 3.63) is 42.4 Å². The summed E-state index contributed by atoms with van der Waals surface area (Å²) in [7, 11) is 1.96. The molecule has 0 aliphatic heterocycles. The van der Waals surface area contributed by atoms with Crippen molar-refractivity contribution in [2.24, 2.45) is 0 Å². The van der Waals surface area contributed by atoms with Crippen LogP contribution in [-0.2, 0) is 13.0 Å². The third-order valence-corrected chi connectivity index (χ3v) is 2.97. The van der Waals surface area contributed by atoms with Crippen molar-refractivity contribution in [3.8, 4) is 11.3 Å². The van der Waals surface area contributed by atoms with Gasteiger partial charge in [0.15, 0.2) is 0 Å². The minimum atomic E-state index is 0.946. The van der Waals surface area contributed by atoms with Crippen molar-refractivity contribution in [2.45, 2.75) is 19.9 Å². The van der Waals surface area contributed by atoms with E-state index in [2.05, 4.69) is 46.1 Å². The van der Waals surface area contributed by atoms with E-state index < -0.39 is 0 Å². The predicted molar refractivity (Wildman–Crippen MR) is 71.0 cm³/mol. The number of likely N-dealkylation sites (N-methyl/N-ethyl adjacent to an activating group) is 1. The van der Waals surface area contributed by atoms with Crippen LogP contribution >= 0.6 is 0 Å². The standard InChI is InChI=1S/C14H19N3/c1-3-12-4-6-13(7-5-12)14-10-16-11-17(14)9-8-15-2/h4-7,10-11,15H,3,8-9H2,1-2H3. The molecular weight excluding hydrogens is 210 g/mol. The Labute approximate surface area is 103 Å². The molecule has 0 aliphatic carbocycles. The van der Waals surface area contributed by atoms with Gasteiger partial charge in [-0.15, -0.1) is 0 Å². The molecule has 2 aromatic rings. The van der Waals surface area contributed by atoms with E-state index in [1.165, 1.54) is 16.8 Å². The molecule has 90 valence electrons. The van der Waals surface area contributed by atoms with Gasteiger partial charge in [-0.1, -0.05) is 31.2 Å². The number of nitrogens with zero attached hydrogens (tertiary/aromatic N) is 2. The highest BCUT2D eigenvalue weighted by molar-refractivity contribution is 5.59. The van der Waals surface area contributed by atoms with Gasteiger partial charge in [0.2, 0.25) is 0 Å². The zero-order chi connectivity index (χ0) is 12.1. The van der Waals surface area contributed by atoms with Gasteiger partial charge in [0.1, 0.15) is 0 Å². The Balaban J connectivity index is 2.23. The summed E-state index contributed by atoms with van der Waals surface area (Å²) >= 11 is 0. The second-order valence-electron chi connectivity index (χ2n) is 4.13. The maximum absolute atomic E-state index is 4.23. The predicted octanol–water partition coefficient (Wildman–Crippen LogP) is 2.33. The zero-order valence-corrected chi connectivity index (χ0v) is 10.5. The quantitative estimate of drug-likeness (QED) is 0.852. The molecule has 0 fully saturated rings. The van der Waals surface area contributed by atoms with E-state index in [-0.39, 0.29) is 0 Å². The Hall–Kier alpha value is -1.61. The highest BCUT2D eigenvalue weighted by atomic mass is 15.1. The van der Waals surface area contributed by atoms with E-state index in [1.54, 1.807) is 0 Å². The number of aryl methyl sites for hydroxylation is 1. The Morgan fingerprint density at radius 3 is 2.65 bits per heavy atom. The Morgan fingerprint density at radius 2 is 2.00 bits per heavy atom. The van der Waals surface area contributed by atoms with E-state index in [4.69, 9.17) is 0 Å². The molecule has 0 amide bonds. The van der Waals surface area contributed by atoms with E-state index in [0.29, 0.717) is 0 Å². The molecule has 0 spiro atoms. The number of imidazole rings is 1. The highest BCUT2D eigenvalue weighted by Crippen LogP contribution is 2.19. The fourth-order valence-electron chi connectivity index (χ4n) is 1.88. The molecule has 0 radical (unpaired) electrons. The maximum atomic E-state index is 4.23. The highest BCUT2D eigenvalue weighted by Gasteiger charge is 2.04. The Kier molecular flexibility index (Phi) is 3.94. The SMILES string of the molecule is CCc1ccc(-c2cncn2CCNC)cc1. The summed E-state index contributed by atoms with van der Waals surface area (Å²) in [6.45, 7) is 4.07. The second kappa shape index (κ2) is 5.64. The van der Waals surface area contributed by atoms with Gasteiger partial charge in [0.25, 0.3) is 0 Å². The molecule has 0 saturated carbocycles. The molecule has 2 rings (SSSR count). The molecular formula is C14H19N3. The molecule has 3 heteroatoms. The summed E-state index contributed by atoms with van der Waals surface area (Å²) in [6, 6.07) is 8.72. The number of hydrogen-bond donors (Lipinski definition) is 1. The number of hydrogen-bond acceptors (Lipinski definition) is 2. The molecule has 1 aromatic heterocycles. The first-order valence-electron chi connectivity index (χ1n) is 6.09. The first-order valence-corrected chi connectivity index (χ1v) is 6.09. The number of nitrogens with one attached hydrogen (secondary N) is 1. The molecule has 0 aliphatic rings. The smallest absolute Gasteiger partial charge is 0.0951 e. The molecule has 0 atom stereocenters. The van der Waals surface area contributed by atoms with Gasteiger partial charge in [-0.05, 0) is 24.6 Å². The molecule has 0 saturated heterocycles. The first-order chi connectivity index (χ1) is 8.35. The summed E-state index contributed by atoms with van der Waals surface area (Å²) in [4.78, 5) is 4.23. The third kappa shape index (κ3) is 2.74. The fourth-order valence-corrected chi connectivity index (χ4v) is 1.88. The lowest BCUT2D eigenvalue weighted by Gasteiger charge is -2.08. The van der Waals surface area contributed by atoms with Crippen molar-refractivity contribution in [3.63, 3.8) is 0 Å². The van der Waals surface area contributed by atoms with Crippen LogP contribution in [0.15, 0.2) is 36.8 Å². The fraction of sp³-hybridized carbons (Fsp3) is 0.357. The van der Waals surface area contributed by atoms with Crippen LogP contribution in [0, 0.1) is 0 Å². The minimum absolute atomic E-state index is 0.946. The molecule has 0 bridgehead atoms. The zero-order valence-electron chi connectivity index (χ0n) is 10.5. The van der Waals surface area contributed by atoms with Gasteiger partial charge in [-0.25, -0.2) is 4.98 Å². The van der Waals surface area contributed by atoms with Crippen LogP contribution in [0.4, 0.5) is 0 Å². The van der Waals surface area contributed by atoms with E-state index in [1.807, 2.05) is 19.6 Å². The van der Waals surface area contributed by atoms with Gasteiger partial charge in [-0.3, -0.25) is 0 Å². The molecule has 17 heavy (non-hydrogen) atoms. The summed E-state index contributed by atoms with van der Waals surface area (Å²) in [5.41, 5.74) is 3.79. The topological polar surface area (TPSA) is 29.9 Å². The van der Waals surface area contributed by atoms with Gasteiger partial charge in [0.05, 0.1) is 18.2 Å². The Morgan fingerprint density at radius 1 is 1.24 bits per heavy atom. The van der Waals surface area contributed by atoms with E-state index in [0.717, 1.165) is 19.5 Å². The molecule has 1 N–H and O–H groups in total. The van der Waals surface area contributed by atoms with Crippen LogP contribution in [0.1, 0.15) is 12.5 Å². The van der Waals surface area contributed by atoms with Crippen molar-refractivity contribution in [1.29, 1.82) is 0 Å². The normalized spacial score (nSPS) is 10.7. The van der Waals surface area contributed by atoms with Crippen LogP contribution in [-0.4, -0.2) is 23.1 Å². The third-order valence-electron chi connectivity index (χ3n) is 2.97. The first kappa shape index (κ1) is 11.9. The van der Waals surface area contributed by atoms with Crippen LogP contribution < -0.4 is 5.32 Å². The van der Waals surface area contributed by atoms with Gasteiger partial charge in [0, 0.05) is 13.1 Å². The number of aromatic nitrogens is 2. The average Bonchev–Trinajstić information content (AvgIpc) is 2.84. The lowest BCUT2D eigenvalue weighted by atomic mass is 10.1. The lowest BCUT2D eigenvalue weighted by molar-refractivity contribution is 0.648. The van der Waals surface area contributed by atoms with E-state index >= 15 is 0 Å². The summed E-state index contributed by atoms with van der Waals surface area (Å²) < 4.78 is 2.18. The lowest BCUT2D eigenvalue weighted by Crippen LogP contribution is -2.14. The number of benzene rings is 1. The molecule has 3 nitrogen and oxygen atoms in total. The van der Waals surface area contributed by atoms with Crippen molar-refractivity contribution in [1.82, 2.24) is 14.9 Å². The summed E-state index contributed by atoms with van der Waals surface area (Å²) in [6.07, 6.45) is 4.90. The summed E-state index contributed by atoms with van der Waals surface area (Å²) in [5, 5.41) is 3.15. The molecule has 1 heterocycles. The van der Waals surface area contributed by atoms with Gasteiger partial charge < -0.3 is 9.88 Å². The maximum Gasteiger partial charge on any atom is 0.0951 e. The average molecular weight is 229 g/mol. The second-order valence-corrected chi connectivity index (χ2v) is 4.13. The monoisotopic (exact) mass is 229 g/mol. The van der Waals surface area contributed by atoms with Crippen LogP contribution in [0.3, 0.4) is 0 Å². The minimum Gasteiger partial charge on any atom is -0.329 e. The number of rotatable bonds is 5. The Bertz CT molecular complexity index is 457. The van der Waals surface area contributed by atoms with Crippen LogP contribution in [0.5, 0.6) is 0 Å². The van der Waals surface area contributed by atoms with Crippen molar-refractivity contribution < 1.29 is 0 Å². The summed E-state index contributed by atoms with van der Waals surface area (Å²) in [5.74, 6) is 0.